The van der Waals surface area contributed by atoms with Crippen molar-refractivity contribution in [3.8, 4) is 0 Å². The molecule has 136 valence electrons. The number of anilines is 1. The van der Waals surface area contributed by atoms with Crippen LogP contribution in [0.4, 0.5) is 5.69 Å². The fraction of sp³-hybridized carbons (Fsp3) is 0.312. The summed E-state index contributed by atoms with van der Waals surface area (Å²) >= 11 is 7.71. The van der Waals surface area contributed by atoms with E-state index in [9.17, 15) is 13.2 Å². The van der Waals surface area contributed by atoms with Crippen LogP contribution in [0.1, 0.15) is 5.56 Å². The average Bonchev–Trinajstić information content (AvgIpc) is 3.01. The zero-order valence-electron chi connectivity index (χ0n) is 14.2. The second-order valence-corrected chi connectivity index (χ2v) is 9.26. The van der Waals surface area contributed by atoms with Crippen molar-refractivity contribution in [2.24, 2.45) is 0 Å². The molecule has 2 aromatic rings. The molecule has 25 heavy (non-hydrogen) atoms. The number of quaternary nitrogens is 1. The van der Waals surface area contributed by atoms with Gasteiger partial charge in [0.15, 0.2) is 6.54 Å². The zero-order valence-corrected chi connectivity index (χ0v) is 16.6. The Bertz CT molecular complexity index is 836. The SMILES string of the molecule is CN(C)S(=O)(=O)c1ccc(Cl)c(NC(=O)C[NH+](C)Cc2ccsc2)c1. The van der Waals surface area contributed by atoms with E-state index in [-0.39, 0.29) is 23.0 Å². The third kappa shape index (κ3) is 5.26. The van der Waals surface area contributed by atoms with Gasteiger partial charge in [-0.3, -0.25) is 4.79 Å². The van der Waals surface area contributed by atoms with Crippen molar-refractivity contribution in [3.05, 3.63) is 45.6 Å². The average molecular weight is 403 g/mol. The molecule has 1 aromatic heterocycles. The Morgan fingerprint density at radius 1 is 1.32 bits per heavy atom. The standard InChI is InChI=1S/C16H20ClN3O3S2/c1-19(2)25(22,23)13-4-5-14(17)15(8-13)18-16(21)10-20(3)9-12-6-7-24-11-12/h4-8,11H,9-10H2,1-3H3,(H,18,21)/p+1. The first-order valence-corrected chi connectivity index (χ1v) is 10.3. The second kappa shape index (κ2) is 8.29. The van der Waals surface area contributed by atoms with Crippen molar-refractivity contribution in [1.82, 2.24) is 4.31 Å². The van der Waals surface area contributed by atoms with Crippen LogP contribution in [0.5, 0.6) is 0 Å². The quantitative estimate of drug-likeness (QED) is 0.733. The highest BCUT2D eigenvalue weighted by Crippen LogP contribution is 2.26. The number of halogens is 1. The van der Waals surface area contributed by atoms with Crippen molar-refractivity contribution in [2.45, 2.75) is 11.4 Å². The fourth-order valence-electron chi connectivity index (χ4n) is 2.24. The number of sulfonamides is 1. The molecule has 0 fully saturated rings. The maximum atomic E-state index is 12.3. The van der Waals surface area contributed by atoms with Crippen molar-refractivity contribution >= 4 is 44.6 Å². The lowest BCUT2D eigenvalue weighted by Gasteiger charge is -2.15. The summed E-state index contributed by atoms with van der Waals surface area (Å²) in [5.41, 5.74) is 1.46. The minimum absolute atomic E-state index is 0.0798. The molecule has 0 aliphatic rings. The molecule has 0 saturated carbocycles. The van der Waals surface area contributed by atoms with E-state index in [1.54, 1.807) is 11.3 Å². The number of nitrogens with one attached hydrogen (secondary N) is 2. The zero-order chi connectivity index (χ0) is 18.6. The molecule has 1 heterocycles. The Hall–Kier alpha value is -1.45. The fourth-order valence-corrected chi connectivity index (χ4v) is 4.01. The van der Waals surface area contributed by atoms with Gasteiger partial charge in [-0.1, -0.05) is 11.6 Å². The lowest BCUT2D eigenvalue weighted by atomic mass is 10.3. The van der Waals surface area contributed by atoms with Gasteiger partial charge in [0.25, 0.3) is 5.91 Å². The van der Waals surface area contributed by atoms with E-state index < -0.39 is 10.0 Å². The number of carbonyl (C=O) groups is 1. The van der Waals surface area contributed by atoms with Gasteiger partial charge in [0.1, 0.15) is 6.54 Å². The lowest BCUT2D eigenvalue weighted by molar-refractivity contribution is -0.885. The van der Waals surface area contributed by atoms with Crippen LogP contribution in [0.15, 0.2) is 39.9 Å². The molecule has 0 spiro atoms. The number of hydrogen-bond acceptors (Lipinski definition) is 4. The van der Waals surface area contributed by atoms with Crippen molar-refractivity contribution in [2.75, 3.05) is 33.0 Å². The highest BCUT2D eigenvalue weighted by Gasteiger charge is 2.20. The molecule has 0 radical (unpaired) electrons. The van der Waals surface area contributed by atoms with Crippen LogP contribution in [-0.2, 0) is 21.4 Å². The van der Waals surface area contributed by atoms with E-state index in [0.29, 0.717) is 5.02 Å². The molecule has 9 heteroatoms. The van der Waals surface area contributed by atoms with Gasteiger partial charge in [-0.2, -0.15) is 11.3 Å². The number of benzene rings is 1. The predicted molar refractivity (Wildman–Crippen MR) is 101 cm³/mol. The van der Waals surface area contributed by atoms with Crippen LogP contribution < -0.4 is 10.2 Å². The minimum atomic E-state index is -3.59. The number of nitrogens with zero attached hydrogens (tertiary/aromatic N) is 1. The van der Waals surface area contributed by atoms with Gasteiger partial charge >= 0.3 is 0 Å². The largest absolute Gasteiger partial charge is 0.326 e. The smallest absolute Gasteiger partial charge is 0.279 e. The van der Waals surface area contributed by atoms with Crippen molar-refractivity contribution in [3.63, 3.8) is 0 Å². The maximum absolute atomic E-state index is 12.3. The number of likely N-dealkylation sites (N-methyl/N-ethyl adjacent to an activating group) is 1. The Morgan fingerprint density at radius 3 is 2.64 bits per heavy atom. The lowest BCUT2D eigenvalue weighted by Crippen LogP contribution is -3.08. The summed E-state index contributed by atoms with van der Waals surface area (Å²) in [6.07, 6.45) is 0. The number of amides is 1. The third-order valence-electron chi connectivity index (χ3n) is 3.54. The van der Waals surface area contributed by atoms with E-state index in [2.05, 4.69) is 5.32 Å². The molecule has 6 nitrogen and oxygen atoms in total. The van der Waals surface area contributed by atoms with E-state index in [4.69, 9.17) is 11.6 Å². The first-order chi connectivity index (χ1) is 11.7. The molecule has 0 saturated heterocycles. The molecule has 0 aliphatic carbocycles. The minimum Gasteiger partial charge on any atom is -0.326 e. The molecule has 1 aromatic carbocycles. The number of hydrogen-bond donors (Lipinski definition) is 2. The van der Waals surface area contributed by atoms with Crippen LogP contribution >= 0.6 is 22.9 Å². The first kappa shape index (κ1) is 19.9. The monoisotopic (exact) mass is 402 g/mol. The van der Waals surface area contributed by atoms with Crippen LogP contribution in [-0.4, -0.2) is 46.3 Å². The summed E-state index contributed by atoms with van der Waals surface area (Å²) in [4.78, 5) is 13.3. The highest BCUT2D eigenvalue weighted by molar-refractivity contribution is 7.89. The predicted octanol–water partition coefficient (Wildman–Crippen LogP) is 1.31. The molecule has 0 aliphatic heterocycles. The van der Waals surface area contributed by atoms with Gasteiger partial charge in [0, 0.05) is 19.7 Å². The van der Waals surface area contributed by atoms with Crippen LogP contribution in [0.3, 0.4) is 0 Å². The van der Waals surface area contributed by atoms with Gasteiger partial charge in [-0.15, -0.1) is 0 Å². The Morgan fingerprint density at radius 2 is 2.04 bits per heavy atom. The van der Waals surface area contributed by atoms with Crippen molar-refractivity contribution < 1.29 is 18.1 Å². The van der Waals surface area contributed by atoms with Crippen LogP contribution in [0.2, 0.25) is 5.02 Å². The van der Waals surface area contributed by atoms with Gasteiger partial charge < -0.3 is 10.2 Å². The molecule has 0 bridgehead atoms. The Labute approximate surface area is 157 Å². The van der Waals surface area contributed by atoms with Crippen molar-refractivity contribution in [1.29, 1.82) is 0 Å². The topological polar surface area (TPSA) is 70.9 Å². The molecule has 1 atom stereocenters. The summed E-state index contributed by atoms with van der Waals surface area (Å²) in [6, 6.07) is 6.29. The molecular weight excluding hydrogens is 382 g/mol. The molecular formula is C16H21ClN3O3S2+. The van der Waals surface area contributed by atoms with E-state index in [1.165, 1.54) is 37.9 Å². The van der Waals surface area contributed by atoms with Crippen LogP contribution in [0, 0.1) is 0 Å². The van der Waals surface area contributed by atoms with Gasteiger partial charge in [-0.05, 0) is 35.0 Å². The maximum Gasteiger partial charge on any atom is 0.279 e. The highest BCUT2D eigenvalue weighted by atomic mass is 35.5. The number of thiophene rings is 1. The normalized spacial score (nSPS) is 13.0. The summed E-state index contributed by atoms with van der Waals surface area (Å²) in [5.74, 6) is -0.228. The summed E-state index contributed by atoms with van der Waals surface area (Å²) < 4.78 is 25.5. The summed E-state index contributed by atoms with van der Waals surface area (Å²) in [7, 11) is 1.23. The Balaban J connectivity index is 2.07. The van der Waals surface area contributed by atoms with E-state index >= 15 is 0 Å². The molecule has 2 rings (SSSR count). The number of carbonyl (C=O) groups excluding carboxylic acids is 1. The third-order valence-corrected chi connectivity index (χ3v) is 6.41. The van der Waals surface area contributed by atoms with Gasteiger partial charge in [0.2, 0.25) is 10.0 Å². The van der Waals surface area contributed by atoms with Crippen LogP contribution in [0.25, 0.3) is 0 Å². The summed E-state index contributed by atoms with van der Waals surface area (Å²) in [5, 5.41) is 7.04. The summed E-state index contributed by atoms with van der Waals surface area (Å²) in [6.45, 7) is 0.983. The molecule has 2 N–H and O–H groups in total. The van der Waals surface area contributed by atoms with E-state index in [1.807, 2.05) is 23.9 Å². The van der Waals surface area contributed by atoms with Gasteiger partial charge in [-0.25, -0.2) is 12.7 Å². The van der Waals surface area contributed by atoms with Gasteiger partial charge in [0.05, 0.1) is 22.7 Å². The number of rotatable bonds is 7. The molecule has 1 unspecified atom stereocenters. The van der Waals surface area contributed by atoms with E-state index in [0.717, 1.165) is 15.7 Å². The Kier molecular flexibility index (Phi) is 6.59. The first-order valence-electron chi connectivity index (χ1n) is 7.54. The molecule has 1 amide bonds. The second-order valence-electron chi connectivity index (χ2n) is 5.92.